The van der Waals surface area contributed by atoms with Crippen molar-refractivity contribution in [2.24, 2.45) is 4.99 Å². The van der Waals surface area contributed by atoms with E-state index >= 15 is 0 Å². The molecule has 2 N–H and O–H groups in total. The number of nitrogens with zero attached hydrogens (tertiary/aromatic N) is 4. The topological polar surface area (TPSA) is 55.8 Å². The number of pyridine rings is 1. The van der Waals surface area contributed by atoms with E-state index in [1.807, 2.05) is 13.2 Å². The third-order valence-electron chi connectivity index (χ3n) is 6.37. The Kier molecular flexibility index (Phi) is 9.44. The number of guanidine groups is 1. The number of anilines is 2. The molecule has 2 aliphatic heterocycles. The molecular formula is C25H37IN6. The molecule has 3 heterocycles. The highest BCUT2D eigenvalue weighted by Crippen LogP contribution is 2.24. The molecule has 2 aliphatic rings. The van der Waals surface area contributed by atoms with E-state index < -0.39 is 0 Å². The Morgan fingerprint density at radius 3 is 2.47 bits per heavy atom. The van der Waals surface area contributed by atoms with E-state index in [1.54, 1.807) is 0 Å². The Morgan fingerprint density at radius 1 is 1.00 bits per heavy atom. The zero-order chi connectivity index (χ0) is 21.5. The number of nitrogens with one attached hydrogen (secondary N) is 2. The molecule has 32 heavy (non-hydrogen) atoms. The lowest BCUT2D eigenvalue weighted by Gasteiger charge is -2.28. The fraction of sp³-hybridized carbons (Fsp3) is 0.520. The van der Waals surface area contributed by atoms with Crippen molar-refractivity contribution in [1.29, 1.82) is 0 Å². The Labute approximate surface area is 209 Å². The quantitative estimate of drug-likeness (QED) is 0.311. The number of aromatic nitrogens is 1. The van der Waals surface area contributed by atoms with Crippen LogP contribution < -0.4 is 20.4 Å². The molecule has 1 aromatic carbocycles. The minimum atomic E-state index is 0. The van der Waals surface area contributed by atoms with Gasteiger partial charge in [0.05, 0.1) is 6.04 Å². The van der Waals surface area contributed by atoms with Crippen LogP contribution in [0.3, 0.4) is 0 Å². The van der Waals surface area contributed by atoms with E-state index in [9.17, 15) is 0 Å². The van der Waals surface area contributed by atoms with Crippen LogP contribution in [0.1, 0.15) is 56.2 Å². The van der Waals surface area contributed by atoms with Crippen LogP contribution >= 0.6 is 24.0 Å². The third-order valence-corrected chi connectivity index (χ3v) is 6.37. The maximum absolute atomic E-state index is 4.59. The van der Waals surface area contributed by atoms with Gasteiger partial charge in [-0.2, -0.15) is 0 Å². The first-order valence-electron chi connectivity index (χ1n) is 11.7. The summed E-state index contributed by atoms with van der Waals surface area (Å²) in [5.41, 5.74) is 3.83. The molecule has 6 nitrogen and oxygen atoms in total. The van der Waals surface area contributed by atoms with E-state index in [1.165, 1.54) is 62.0 Å². The van der Waals surface area contributed by atoms with Gasteiger partial charge in [-0.15, -0.1) is 24.0 Å². The van der Waals surface area contributed by atoms with Gasteiger partial charge in [0.1, 0.15) is 5.82 Å². The van der Waals surface area contributed by atoms with E-state index in [4.69, 9.17) is 0 Å². The van der Waals surface area contributed by atoms with Gasteiger partial charge in [0.25, 0.3) is 0 Å². The smallest absolute Gasteiger partial charge is 0.191 e. The number of aliphatic imine (C=N–C) groups is 1. The normalized spacial score (nSPS) is 17.6. The molecule has 0 spiro atoms. The van der Waals surface area contributed by atoms with Gasteiger partial charge >= 0.3 is 0 Å². The van der Waals surface area contributed by atoms with Crippen molar-refractivity contribution in [3.05, 3.63) is 53.7 Å². The van der Waals surface area contributed by atoms with Crippen molar-refractivity contribution in [2.75, 3.05) is 43.0 Å². The molecule has 4 rings (SSSR count). The molecule has 0 aliphatic carbocycles. The molecule has 0 saturated carbocycles. The van der Waals surface area contributed by atoms with Crippen molar-refractivity contribution in [1.82, 2.24) is 15.6 Å². The number of halogens is 1. The molecule has 2 fully saturated rings. The Morgan fingerprint density at radius 2 is 1.72 bits per heavy atom. The third kappa shape index (κ3) is 6.49. The molecule has 0 amide bonds. The fourth-order valence-corrected chi connectivity index (χ4v) is 4.50. The minimum absolute atomic E-state index is 0. The Bertz CT molecular complexity index is 874. The lowest BCUT2D eigenvalue weighted by molar-refractivity contribution is 0.573. The standard InChI is InChI=1S/C25H36N6.HI/c1-20(22-9-8-10-23(18-22)30-13-6-7-14-30)29-25(26-2)28-19-21-11-12-27-24(17-21)31-15-4-3-5-16-31;/h8-12,17-18,20H,3-7,13-16,19H2,1-2H3,(H2,26,28,29);1H. The summed E-state index contributed by atoms with van der Waals surface area (Å²) >= 11 is 0. The number of benzene rings is 1. The summed E-state index contributed by atoms with van der Waals surface area (Å²) in [6.45, 7) is 7.47. The first kappa shape index (κ1) is 24.6. The van der Waals surface area contributed by atoms with Gasteiger partial charge in [-0.05, 0) is 74.4 Å². The molecule has 7 heteroatoms. The zero-order valence-corrected chi connectivity index (χ0v) is 21.7. The van der Waals surface area contributed by atoms with Crippen LogP contribution in [0, 0.1) is 0 Å². The van der Waals surface area contributed by atoms with Crippen molar-refractivity contribution < 1.29 is 0 Å². The molecule has 0 radical (unpaired) electrons. The highest BCUT2D eigenvalue weighted by molar-refractivity contribution is 14.0. The van der Waals surface area contributed by atoms with E-state index in [0.717, 1.165) is 31.4 Å². The predicted octanol–water partition coefficient (Wildman–Crippen LogP) is 4.72. The molecular weight excluding hydrogens is 511 g/mol. The van der Waals surface area contributed by atoms with Crippen molar-refractivity contribution >= 4 is 41.4 Å². The molecule has 2 saturated heterocycles. The first-order chi connectivity index (χ1) is 15.2. The number of piperidine rings is 1. The monoisotopic (exact) mass is 548 g/mol. The second-order valence-corrected chi connectivity index (χ2v) is 8.65. The second-order valence-electron chi connectivity index (χ2n) is 8.65. The summed E-state index contributed by atoms with van der Waals surface area (Å²) in [4.78, 5) is 13.9. The van der Waals surface area contributed by atoms with Crippen molar-refractivity contribution in [3.63, 3.8) is 0 Å². The van der Waals surface area contributed by atoms with Crippen LogP contribution in [0.4, 0.5) is 11.5 Å². The second kappa shape index (κ2) is 12.3. The molecule has 174 valence electrons. The molecule has 0 bridgehead atoms. The largest absolute Gasteiger partial charge is 0.372 e. The summed E-state index contributed by atoms with van der Waals surface area (Å²) in [5, 5.41) is 7.01. The summed E-state index contributed by atoms with van der Waals surface area (Å²) in [6, 6.07) is 13.3. The van der Waals surface area contributed by atoms with Gasteiger partial charge in [-0.25, -0.2) is 4.98 Å². The maximum Gasteiger partial charge on any atom is 0.191 e. The van der Waals surface area contributed by atoms with Crippen LogP contribution in [0.5, 0.6) is 0 Å². The summed E-state index contributed by atoms with van der Waals surface area (Å²) in [5.74, 6) is 1.91. The lowest BCUT2D eigenvalue weighted by atomic mass is 10.1. The van der Waals surface area contributed by atoms with Crippen LogP contribution in [0.25, 0.3) is 0 Å². The predicted molar refractivity (Wildman–Crippen MR) is 145 cm³/mol. The maximum atomic E-state index is 4.59. The van der Waals surface area contributed by atoms with E-state index in [0.29, 0.717) is 0 Å². The molecule has 2 aromatic rings. The highest BCUT2D eigenvalue weighted by atomic mass is 127. The summed E-state index contributed by atoms with van der Waals surface area (Å²) in [6.07, 6.45) is 8.36. The lowest BCUT2D eigenvalue weighted by Crippen LogP contribution is -2.38. The van der Waals surface area contributed by atoms with Gasteiger partial charge < -0.3 is 20.4 Å². The van der Waals surface area contributed by atoms with Crippen molar-refractivity contribution in [2.45, 2.75) is 51.6 Å². The Balaban J connectivity index is 0.00000289. The van der Waals surface area contributed by atoms with Gasteiger partial charge in [0.2, 0.25) is 0 Å². The zero-order valence-electron chi connectivity index (χ0n) is 19.4. The number of hydrogen-bond donors (Lipinski definition) is 2. The van der Waals surface area contributed by atoms with Gasteiger partial charge in [-0.3, -0.25) is 4.99 Å². The van der Waals surface area contributed by atoms with Crippen LogP contribution in [0.15, 0.2) is 47.6 Å². The average Bonchev–Trinajstić information content (AvgIpc) is 3.37. The number of rotatable bonds is 6. The summed E-state index contributed by atoms with van der Waals surface area (Å²) < 4.78 is 0. The van der Waals surface area contributed by atoms with Crippen LogP contribution in [-0.4, -0.2) is 44.2 Å². The fourth-order valence-electron chi connectivity index (χ4n) is 4.50. The Hall–Kier alpha value is -2.03. The van der Waals surface area contributed by atoms with Crippen molar-refractivity contribution in [3.8, 4) is 0 Å². The van der Waals surface area contributed by atoms with E-state index in [2.05, 4.69) is 73.7 Å². The van der Waals surface area contributed by atoms with Crippen LogP contribution in [-0.2, 0) is 6.54 Å². The molecule has 1 unspecified atom stereocenters. The van der Waals surface area contributed by atoms with Gasteiger partial charge in [0, 0.05) is 51.7 Å². The number of hydrogen-bond acceptors (Lipinski definition) is 4. The average molecular weight is 549 g/mol. The minimum Gasteiger partial charge on any atom is -0.372 e. The first-order valence-corrected chi connectivity index (χ1v) is 11.7. The van der Waals surface area contributed by atoms with Gasteiger partial charge in [-0.1, -0.05) is 12.1 Å². The highest BCUT2D eigenvalue weighted by Gasteiger charge is 2.15. The summed E-state index contributed by atoms with van der Waals surface area (Å²) in [7, 11) is 1.83. The van der Waals surface area contributed by atoms with Crippen LogP contribution in [0.2, 0.25) is 0 Å². The molecule has 1 atom stereocenters. The SMILES string of the molecule is CN=C(NCc1ccnc(N2CCCCC2)c1)NC(C)c1cccc(N2CCCC2)c1.I. The van der Waals surface area contributed by atoms with E-state index in [-0.39, 0.29) is 30.0 Å². The van der Waals surface area contributed by atoms with Gasteiger partial charge in [0.15, 0.2) is 5.96 Å². The molecule has 1 aromatic heterocycles.